The lowest BCUT2D eigenvalue weighted by atomic mass is 10.3. The SMILES string of the molecule is CCN(CC)C(=O)CCNC(=O)c1cn[nH]c1N. The molecule has 0 saturated heterocycles. The van der Waals surface area contributed by atoms with Crippen LogP contribution in [0.3, 0.4) is 0 Å². The van der Waals surface area contributed by atoms with Gasteiger partial charge in [0.1, 0.15) is 11.4 Å². The number of aromatic amines is 1. The van der Waals surface area contributed by atoms with Crippen LogP contribution in [0.5, 0.6) is 0 Å². The fourth-order valence-electron chi connectivity index (χ4n) is 1.59. The molecule has 7 heteroatoms. The minimum atomic E-state index is -0.325. The van der Waals surface area contributed by atoms with E-state index < -0.39 is 0 Å². The number of anilines is 1. The number of hydrogen-bond acceptors (Lipinski definition) is 4. The molecule has 0 aliphatic heterocycles. The molecule has 1 heterocycles. The number of nitrogens with one attached hydrogen (secondary N) is 2. The van der Waals surface area contributed by atoms with Crippen molar-refractivity contribution in [2.75, 3.05) is 25.4 Å². The minimum absolute atomic E-state index is 0.0282. The van der Waals surface area contributed by atoms with Crippen LogP contribution in [0.1, 0.15) is 30.6 Å². The average molecular weight is 253 g/mol. The number of nitrogens with zero attached hydrogens (tertiary/aromatic N) is 2. The van der Waals surface area contributed by atoms with Crippen molar-refractivity contribution in [3.05, 3.63) is 11.8 Å². The molecule has 0 unspecified atom stereocenters. The third-order valence-electron chi connectivity index (χ3n) is 2.65. The molecule has 0 fully saturated rings. The Morgan fingerprint density at radius 1 is 1.44 bits per heavy atom. The van der Waals surface area contributed by atoms with Crippen molar-refractivity contribution in [1.82, 2.24) is 20.4 Å². The van der Waals surface area contributed by atoms with E-state index in [0.717, 1.165) is 0 Å². The number of hydrogen-bond donors (Lipinski definition) is 3. The van der Waals surface area contributed by atoms with E-state index in [1.54, 1.807) is 4.90 Å². The van der Waals surface area contributed by atoms with Crippen LogP contribution in [0.15, 0.2) is 6.20 Å². The Balaban J connectivity index is 2.36. The zero-order chi connectivity index (χ0) is 13.5. The Morgan fingerprint density at radius 3 is 2.61 bits per heavy atom. The number of nitrogen functional groups attached to an aromatic ring is 1. The van der Waals surface area contributed by atoms with Crippen molar-refractivity contribution in [1.29, 1.82) is 0 Å². The van der Waals surface area contributed by atoms with Gasteiger partial charge in [0, 0.05) is 26.1 Å². The summed E-state index contributed by atoms with van der Waals surface area (Å²) in [6, 6.07) is 0. The summed E-state index contributed by atoms with van der Waals surface area (Å²) < 4.78 is 0. The molecular weight excluding hydrogens is 234 g/mol. The first-order valence-corrected chi connectivity index (χ1v) is 5.94. The first-order chi connectivity index (χ1) is 8.60. The molecule has 0 aliphatic rings. The Labute approximate surface area is 106 Å². The highest BCUT2D eigenvalue weighted by molar-refractivity contribution is 5.98. The number of rotatable bonds is 6. The molecule has 0 spiro atoms. The third-order valence-corrected chi connectivity index (χ3v) is 2.65. The van der Waals surface area contributed by atoms with Crippen molar-refractivity contribution >= 4 is 17.6 Å². The van der Waals surface area contributed by atoms with Crippen LogP contribution in [0.2, 0.25) is 0 Å². The Hall–Kier alpha value is -2.05. The summed E-state index contributed by atoms with van der Waals surface area (Å²) in [7, 11) is 0. The smallest absolute Gasteiger partial charge is 0.256 e. The number of H-pyrrole nitrogens is 1. The van der Waals surface area contributed by atoms with Crippen LogP contribution >= 0.6 is 0 Å². The van der Waals surface area contributed by atoms with Gasteiger partial charge in [0.05, 0.1) is 6.20 Å². The maximum atomic E-state index is 11.7. The summed E-state index contributed by atoms with van der Waals surface area (Å²) in [4.78, 5) is 25.0. The quantitative estimate of drug-likeness (QED) is 0.662. The minimum Gasteiger partial charge on any atom is -0.383 e. The molecule has 1 aromatic heterocycles. The molecule has 0 aliphatic carbocycles. The van der Waals surface area contributed by atoms with Gasteiger partial charge in [-0.15, -0.1) is 0 Å². The van der Waals surface area contributed by atoms with Gasteiger partial charge in [0.15, 0.2) is 0 Å². The molecule has 18 heavy (non-hydrogen) atoms. The van der Waals surface area contributed by atoms with Crippen LogP contribution < -0.4 is 11.1 Å². The molecule has 100 valence electrons. The highest BCUT2D eigenvalue weighted by Crippen LogP contribution is 2.05. The number of nitrogens with two attached hydrogens (primary N) is 1. The van der Waals surface area contributed by atoms with Gasteiger partial charge in [-0.1, -0.05) is 0 Å². The van der Waals surface area contributed by atoms with Gasteiger partial charge in [0.2, 0.25) is 5.91 Å². The predicted octanol–water partition coefficient (Wildman–Crippen LogP) is -0.0198. The van der Waals surface area contributed by atoms with Gasteiger partial charge in [-0.3, -0.25) is 14.7 Å². The second-order valence-corrected chi connectivity index (χ2v) is 3.77. The number of carbonyl (C=O) groups is 2. The lowest BCUT2D eigenvalue weighted by molar-refractivity contribution is -0.130. The van der Waals surface area contributed by atoms with E-state index in [1.165, 1.54) is 6.20 Å². The molecule has 7 nitrogen and oxygen atoms in total. The molecule has 0 atom stereocenters. The lowest BCUT2D eigenvalue weighted by Crippen LogP contribution is -2.34. The van der Waals surface area contributed by atoms with Crippen molar-refractivity contribution < 1.29 is 9.59 Å². The summed E-state index contributed by atoms with van der Waals surface area (Å²) in [5.41, 5.74) is 5.81. The van der Waals surface area contributed by atoms with Crippen LogP contribution in [0.4, 0.5) is 5.82 Å². The Bertz CT molecular complexity index is 411. The largest absolute Gasteiger partial charge is 0.383 e. The van der Waals surface area contributed by atoms with Crippen molar-refractivity contribution in [3.8, 4) is 0 Å². The molecule has 1 rings (SSSR count). The summed E-state index contributed by atoms with van der Waals surface area (Å²) >= 11 is 0. The molecule has 4 N–H and O–H groups in total. The highest BCUT2D eigenvalue weighted by atomic mass is 16.2. The number of carbonyl (C=O) groups excluding carboxylic acids is 2. The summed E-state index contributed by atoms with van der Waals surface area (Å²) in [6.07, 6.45) is 1.64. The summed E-state index contributed by atoms with van der Waals surface area (Å²) in [6.45, 7) is 5.49. The van der Waals surface area contributed by atoms with E-state index in [2.05, 4.69) is 15.5 Å². The van der Waals surface area contributed by atoms with Crippen molar-refractivity contribution in [3.63, 3.8) is 0 Å². The monoisotopic (exact) mass is 253 g/mol. The normalized spacial score (nSPS) is 10.1. The van der Waals surface area contributed by atoms with E-state index in [4.69, 9.17) is 5.73 Å². The summed E-state index contributed by atoms with van der Waals surface area (Å²) in [5, 5.41) is 8.77. The first-order valence-electron chi connectivity index (χ1n) is 5.94. The van der Waals surface area contributed by atoms with Gasteiger partial charge in [-0.25, -0.2) is 0 Å². The van der Waals surface area contributed by atoms with Crippen molar-refractivity contribution in [2.24, 2.45) is 0 Å². The Morgan fingerprint density at radius 2 is 2.11 bits per heavy atom. The van der Waals surface area contributed by atoms with Crippen LogP contribution in [-0.4, -0.2) is 46.5 Å². The standard InChI is InChI=1S/C11H19N5O2/c1-3-16(4-2)9(17)5-6-13-11(18)8-7-14-15-10(8)12/h7H,3-6H2,1-2H3,(H,13,18)(H3,12,14,15). The maximum absolute atomic E-state index is 11.7. The molecule has 0 bridgehead atoms. The van der Waals surface area contributed by atoms with Gasteiger partial charge in [0.25, 0.3) is 5.91 Å². The van der Waals surface area contributed by atoms with E-state index in [0.29, 0.717) is 25.2 Å². The molecule has 0 saturated carbocycles. The molecule has 2 amide bonds. The van der Waals surface area contributed by atoms with Crippen LogP contribution in [-0.2, 0) is 4.79 Å². The first kappa shape index (κ1) is 14.0. The molecule has 0 radical (unpaired) electrons. The van der Waals surface area contributed by atoms with E-state index in [9.17, 15) is 9.59 Å². The van der Waals surface area contributed by atoms with Crippen molar-refractivity contribution in [2.45, 2.75) is 20.3 Å². The maximum Gasteiger partial charge on any atom is 0.256 e. The van der Waals surface area contributed by atoms with E-state index in [1.807, 2.05) is 13.8 Å². The van der Waals surface area contributed by atoms with Gasteiger partial charge < -0.3 is 16.0 Å². The fourth-order valence-corrected chi connectivity index (χ4v) is 1.59. The average Bonchev–Trinajstić information content (AvgIpc) is 2.77. The van der Waals surface area contributed by atoms with Gasteiger partial charge in [-0.05, 0) is 13.8 Å². The second kappa shape index (κ2) is 6.63. The number of amides is 2. The molecular formula is C11H19N5O2. The Kier molecular flexibility index (Phi) is 5.16. The number of aromatic nitrogens is 2. The summed E-state index contributed by atoms with van der Waals surface area (Å²) in [5.74, 6) is -0.0726. The predicted molar refractivity (Wildman–Crippen MR) is 67.9 cm³/mol. The van der Waals surface area contributed by atoms with Gasteiger partial charge in [-0.2, -0.15) is 5.10 Å². The lowest BCUT2D eigenvalue weighted by Gasteiger charge is -2.18. The van der Waals surface area contributed by atoms with Crippen LogP contribution in [0, 0.1) is 0 Å². The topological polar surface area (TPSA) is 104 Å². The molecule has 1 aromatic rings. The zero-order valence-corrected chi connectivity index (χ0v) is 10.7. The van der Waals surface area contributed by atoms with E-state index in [-0.39, 0.29) is 24.1 Å². The van der Waals surface area contributed by atoms with E-state index >= 15 is 0 Å². The van der Waals surface area contributed by atoms with Gasteiger partial charge >= 0.3 is 0 Å². The zero-order valence-electron chi connectivity index (χ0n) is 10.7. The second-order valence-electron chi connectivity index (χ2n) is 3.77. The third kappa shape index (κ3) is 3.47. The van der Waals surface area contributed by atoms with Crippen LogP contribution in [0.25, 0.3) is 0 Å². The molecule has 0 aromatic carbocycles. The fraction of sp³-hybridized carbons (Fsp3) is 0.545. The highest BCUT2D eigenvalue weighted by Gasteiger charge is 2.13.